The first-order valence-electron chi connectivity index (χ1n) is 10.4. The molecule has 0 amide bonds. The lowest BCUT2D eigenvalue weighted by Gasteiger charge is -2.27. The Labute approximate surface area is 188 Å². The van der Waals surface area contributed by atoms with Gasteiger partial charge in [-0.25, -0.2) is 4.79 Å². The van der Waals surface area contributed by atoms with Crippen LogP contribution in [0.3, 0.4) is 0 Å². The van der Waals surface area contributed by atoms with Crippen LogP contribution in [0, 0.1) is 0 Å². The summed E-state index contributed by atoms with van der Waals surface area (Å²) in [4.78, 5) is 39.7. The zero-order chi connectivity index (χ0) is 22.8. The number of benzene rings is 1. The second-order valence-electron chi connectivity index (χ2n) is 7.68. The molecule has 0 saturated carbocycles. The molecule has 1 saturated heterocycles. The second kappa shape index (κ2) is 9.03. The summed E-state index contributed by atoms with van der Waals surface area (Å²) in [6, 6.07) is 9.73. The number of ketones is 1. The number of nitrogens with zero attached hydrogens (tertiary/aromatic N) is 6. The number of hydrogen-bond acceptors (Lipinski definition) is 8. The summed E-state index contributed by atoms with van der Waals surface area (Å²) in [7, 11) is 2.75. The summed E-state index contributed by atoms with van der Waals surface area (Å²) in [6.07, 6.45) is 3.39. The van der Waals surface area contributed by atoms with Gasteiger partial charge in [0.15, 0.2) is 10.9 Å². The van der Waals surface area contributed by atoms with Gasteiger partial charge in [0.2, 0.25) is 5.95 Å². The van der Waals surface area contributed by atoms with Crippen LogP contribution in [0.5, 0.6) is 0 Å². The Bertz CT molecular complexity index is 1260. The minimum Gasteiger partial charge on any atom is -0.384 e. The normalized spacial score (nSPS) is 14.0. The molecule has 0 unspecified atom stereocenters. The van der Waals surface area contributed by atoms with Crippen LogP contribution in [0.25, 0.3) is 5.69 Å². The predicted octanol–water partition coefficient (Wildman–Crippen LogP) is 1.21. The van der Waals surface area contributed by atoms with Crippen molar-refractivity contribution in [2.75, 3.05) is 29.5 Å². The minimum atomic E-state index is -0.699. The fraction of sp³-hybridized carbons (Fsp3) is 0.381. The molecule has 0 atom stereocenters. The Morgan fingerprint density at radius 2 is 1.72 bits per heavy atom. The summed E-state index contributed by atoms with van der Waals surface area (Å²) in [6.45, 7) is 1.80. The van der Waals surface area contributed by atoms with E-state index in [4.69, 9.17) is 5.73 Å². The van der Waals surface area contributed by atoms with Gasteiger partial charge in [0.25, 0.3) is 5.56 Å². The van der Waals surface area contributed by atoms with Crippen LogP contribution in [0.2, 0.25) is 0 Å². The number of anilines is 2. The zero-order valence-corrected chi connectivity index (χ0v) is 18.8. The zero-order valence-electron chi connectivity index (χ0n) is 18.0. The average Bonchev–Trinajstić information content (AvgIpc) is 3.25. The molecule has 0 bridgehead atoms. The van der Waals surface area contributed by atoms with Gasteiger partial charge in [-0.3, -0.25) is 23.3 Å². The Morgan fingerprint density at radius 3 is 2.41 bits per heavy atom. The lowest BCUT2D eigenvalue weighted by molar-refractivity contribution is 0.102. The monoisotopic (exact) mass is 455 g/mol. The van der Waals surface area contributed by atoms with Gasteiger partial charge in [-0.2, -0.15) is 0 Å². The Hall–Kier alpha value is -3.34. The highest BCUT2D eigenvalue weighted by Gasteiger charge is 2.24. The number of nitrogens with two attached hydrogens (primary N) is 1. The maximum Gasteiger partial charge on any atom is 0.332 e. The van der Waals surface area contributed by atoms with E-state index in [1.807, 2.05) is 34.9 Å². The van der Waals surface area contributed by atoms with Crippen molar-refractivity contribution < 1.29 is 4.79 Å². The van der Waals surface area contributed by atoms with Crippen molar-refractivity contribution in [2.45, 2.75) is 24.4 Å². The lowest BCUT2D eigenvalue weighted by atomic mass is 10.1. The number of Topliss-reactive ketones (excluding diaryl/α,β-unsaturated/α-hetero) is 1. The molecule has 2 aromatic heterocycles. The van der Waals surface area contributed by atoms with E-state index in [0.717, 1.165) is 46.7 Å². The van der Waals surface area contributed by atoms with Crippen LogP contribution in [0.1, 0.15) is 29.6 Å². The first-order chi connectivity index (χ1) is 15.4. The number of nitrogen functional groups attached to an aromatic ring is 1. The number of aromatic nitrogens is 5. The highest BCUT2D eigenvalue weighted by molar-refractivity contribution is 7.99. The highest BCUT2D eigenvalue weighted by atomic mass is 32.2. The summed E-state index contributed by atoms with van der Waals surface area (Å²) < 4.78 is 3.92. The molecular formula is C21H25N7O3S. The summed E-state index contributed by atoms with van der Waals surface area (Å²) >= 11 is 1.19. The van der Waals surface area contributed by atoms with Crippen molar-refractivity contribution >= 4 is 29.3 Å². The number of hydrogen-bond donors (Lipinski definition) is 1. The molecule has 2 N–H and O–H groups in total. The molecule has 0 spiro atoms. The number of carbonyl (C=O) groups is 1. The molecule has 11 heteroatoms. The number of thioether (sulfide) groups is 1. The number of carbonyl (C=O) groups excluding carboxylic acids is 1. The maximum absolute atomic E-state index is 12.9. The third-order valence-electron chi connectivity index (χ3n) is 5.59. The quantitative estimate of drug-likeness (QED) is 0.435. The largest absolute Gasteiger partial charge is 0.384 e. The van der Waals surface area contributed by atoms with Crippen molar-refractivity contribution in [2.24, 2.45) is 14.1 Å². The second-order valence-corrected chi connectivity index (χ2v) is 8.62. The van der Waals surface area contributed by atoms with Crippen LogP contribution in [0.15, 0.2) is 45.1 Å². The van der Waals surface area contributed by atoms with E-state index in [-0.39, 0.29) is 17.1 Å². The van der Waals surface area contributed by atoms with E-state index in [1.165, 1.54) is 32.3 Å². The summed E-state index contributed by atoms with van der Waals surface area (Å²) in [5.41, 5.74) is 5.35. The molecule has 1 aliphatic heterocycles. The minimum absolute atomic E-state index is 0.0669. The van der Waals surface area contributed by atoms with Gasteiger partial charge in [0.05, 0.1) is 11.4 Å². The van der Waals surface area contributed by atoms with Crippen LogP contribution in [-0.4, -0.2) is 48.5 Å². The third-order valence-corrected chi connectivity index (χ3v) is 6.52. The van der Waals surface area contributed by atoms with Crippen LogP contribution >= 0.6 is 11.8 Å². The van der Waals surface area contributed by atoms with Gasteiger partial charge in [-0.15, -0.1) is 10.2 Å². The average molecular weight is 456 g/mol. The van der Waals surface area contributed by atoms with Gasteiger partial charge >= 0.3 is 5.69 Å². The standard InChI is InChI=1S/C21H25N7O3S/c1-25-17(22)16(18(30)26(2)21(25)31)15(29)13-32-20-24-23-19(27-11-7-4-8-12-27)28(20)14-9-5-3-6-10-14/h3,5-6,9-10H,4,7-8,11-13,22H2,1-2H3. The fourth-order valence-corrected chi connectivity index (χ4v) is 4.60. The predicted molar refractivity (Wildman–Crippen MR) is 124 cm³/mol. The van der Waals surface area contributed by atoms with Gasteiger partial charge < -0.3 is 10.6 Å². The van der Waals surface area contributed by atoms with E-state index < -0.39 is 17.0 Å². The van der Waals surface area contributed by atoms with Gasteiger partial charge in [-0.1, -0.05) is 30.0 Å². The van der Waals surface area contributed by atoms with E-state index in [0.29, 0.717) is 5.16 Å². The Balaban J connectivity index is 1.66. The first-order valence-corrected chi connectivity index (χ1v) is 11.4. The maximum atomic E-state index is 12.9. The molecule has 1 aliphatic rings. The number of rotatable bonds is 6. The SMILES string of the molecule is Cn1c(N)c(C(=O)CSc2nnc(N3CCCCC3)n2-c2ccccc2)c(=O)n(C)c1=O. The van der Waals surface area contributed by atoms with Crippen molar-refractivity contribution in [3.8, 4) is 5.69 Å². The van der Waals surface area contributed by atoms with Crippen LogP contribution in [0.4, 0.5) is 11.8 Å². The molecule has 3 heterocycles. The van der Waals surface area contributed by atoms with Gasteiger partial charge in [-0.05, 0) is 31.4 Å². The highest BCUT2D eigenvalue weighted by Crippen LogP contribution is 2.28. The molecule has 168 valence electrons. The number of piperidine rings is 1. The molecule has 4 rings (SSSR count). The van der Waals surface area contributed by atoms with E-state index in [9.17, 15) is 14.4 Å². The first kappa shape index (κ1) is 21.9. The summed E-state index contributed by atoms with van der Waals surface area (Å²) in [5.74, 6) is 0.0687. The van der Waals surface area contributed by atoms with Crippen LogP contribution < -0.4 is 21.9 Å². The van der Waals surface area contributed by atoms with Crippen LogP contribution in [-0.2, 0) is 14.1 Å². The van der Waals surface area contributed by atoms with Crippen molar-refractivity contribution in [1.82, 2.24) is 23.9 Å². The molecule has 0 radical (unpaired) electrons. The molecule has 10 nitrogen and oxygen atoms in total. The molecule has 32 heavy (non-hydrogen) atoms. The topological polar surface area (TPSA) is 121 Å². The van der Waals surface area contributed by atoms with E-state index in [2.05, 4.69) is 15.1 Å². The molecule has 0 aliphatic carbocycles. The molecule has 1 aromatic carbocycles. The van der Waals surface area contributed by atoms with Gasteiger partial charge in [0, 0.05) is 27.2 Å². The van der Waals surface area contributed by atoms with Crippen molar-refractivity contribution in [3.05, 3.63) is 56.7 Å². The summed E-state index contributed by atoms with van der Waals surface area (Å²) in [5, 5.41) is 9.30. The Kier molecular flexibility index (Phi) is 6.17. The molecule has 1 fully saturated rings. The van der Waals surface area contributed by atoms with Gasteiger partial charge in [0.1, 0.15) is 11.4 Å². The van der Waals surface area contributed by atoms with E-state index in [1.54, 1.807) is 0 Å². The fourth-order valence-electron chi connectivity index (χ4n) is 3.78. The molecule has 3 aromatic rings. The smallest absolute Gasteiger partial charge is 0.332 e. The molecular weight excluding hydrogens is 430 g/mol. The Morgan fingerprint density at radius 1 is 1.03 bits per heavy atom. The third kappa shape index (κ3) is 3.95. The lowest BCUT2D eigenvalue weighted by Crippen LogP contribution is -2.41. The van der Waals surface area contributed by atoms with E-state index >= 15 is 0 Å². The van der Waals surface area contributed by atoms with Crippen molar-refractivity contribution in [1.29, 1.82) is 0 Å². The number of para-hydroxylation sites is 1. The van der Waals surface area contributed by atoms with Crippen molar-refractivity contribution in [3.63, 3.8) is 0 Å².